The number of aryl methyl sites for hydroxylation is 1. The second kappa shape index (κ2) is 8.06. The van der Waals surface area contributed by atoms with Gasteiger partial charge in [0.2, 0.25) is 0 Å². The smallest absolute Gasteiger partial charge is 0.337 e. The monoisotopic (exact) mass is 291 g/mol. The van der Waals surface area contributed by atoms with Crippen molar-refractivity contribution in [3.05, 3.63) is 29.3 Å². The van der Waals surface area contributed by atoms with E-state index in [1.807, 2.05) is 25.1 Å². The average molecular weight is 291 g/mol. The summed E-state index contributed by atoms with van der Waals surface area (Å²) >= 11 is 0. The quantitative estimate of drug-likeness (QED) is 0.743. The first-order valence-electron chi connectivity index (χ1n) is 7.79. The number of rotatable bonds is 7. The van der Waals surface area contributed by atoms with Crippen molar-refractivity contribution in [2.24, 2.45) is 11.8 Å². The molecule has 0 heterocycles. The Kier molecular flexibility index (Phi) is 6.73. The lowest BCUT2D eigenvalue weighted by molar-refractivity contribution is 0.0600. The molecule has 1 rings (SSSR count). The predicted octanol–water partition coefficient (Wildman–Crippen LogP) is 4.65. The summed E-state index contributed by atoms with van der Waals surface area (Å²) in [7, 11) is 1.41. The molecule has 0 spiro atoms. The summed E-state index contributed by atoms with van der Waals surface area (Å²) in [5, 5.41) is 3.64. The molecule has 0 saturated carbocycles. The average Bonchev–Trinajstić information content (AvgIpc) is 2.38. The highest BCUT2D eigenvalue weighted by Crippen LogP contribution is 2.22. The third-order valence-electron chi connectivity index (χ3n) is 3.52. The first-order chi connectivity index (χ1) is 9.83. The second-order valence-electron chi connectivity index (χ2n) is 6.62. The zero-order valence-corrected chi connectivity index (χ0v) is 14.2. The first kappa shape index (κ1) is 17.5. The van der Waals surface area contributed by atoms with Gasteiger partial charge in [-0.1, -0.05) is 27.7 Å². The molecule has 1 aromatic carbocycles. The summed E-state index contributed by atoms with van der Waals surface area (Å²) in [5.74, 6) is 1.04. The van der Waals surface area contributed by atoms with Gasteiger partial charge < -0.3 is 10.1 Å². The normalized spacial score (nSPS) is 11.3. The summed E-state index contributed by atoms with van der Waals surface area (Å²) in [6, 6.07) is 6.15. The fourth-order valence-corrected chi connectivity index (χ4v) is 2.64. The van der Waals surface area contributed by atoms with E-state index in [0.29, 0.717) is 23.4 Å². The molecular weight excluding hydrogens is 262 g/mol. The van der Waals surface area contributed by atoms with Crippen LogP contribution in [0.5, 0.6) is 0 Å². The summed E-state index contributed by atoms with van der Waals surface area (Å²) < 4.78 is 4.76. The molecule has 3 nitrogen and oxygen atoms in total. The first-order valence-corrected chi connectivity index (χ1v) is 7.79. The topological polar surface area (TPSA) is 38.3 Å². The van der Waals surface area contributed by atoms with Gasteiger partial charge in [0.25, 0.3) is 0 Å². The van der Waals surface area contributed by atoms with Crippen LogP contribution in [0.2, 0.25) is 0 Å². The van der Waals surface area contributed by atoms with E-state index in [1.54, 1.807) is 0 Å². The van der Waals surface area contributed by atoms with E-state index in [9.17, 15) is 4.79 Å². The summed E-state index contributed by atoms with van der Waals surface area (Å²) in [6.45, 7) is 11.0. The number of esters is 1. The number of anilines is 1. The molecule has 0 atom stereocenters. The Bertz CT molecular complexity index is 456. The molecule has 0 aliphatic carbocycles. The van der Waals surface area contributed by atoms with E-state index in [0.717, 1.165) is 24.1 Å². The standard InChI is InChI=1S/C18H29NO2/c1-12(2)9-16(10-13(3)4)19-17-8-7-15(11-14(17)5)18(20)21-6/h7-8,11-13,16,19H,9-10H2,1-6H3. The van der Waals surface area contributed by atoms with Gasteiger partial charge in [0.1, 0.15) is 0 Å². The third-order valence-corrected chi connectivity index (χ3v) is 3.52. The second-order valence-corrected chi connectivity index (χ2v) is 6.62. The highest BCUT2D eigenvalue weighted by Gasteiger charge is 2.14. The van der Waals surface area contributed by atoms with Crippen LogP contribution in [0.25, 0.3) is 0 Å². The molecule has 0 aliphatic rings. The van der Waals surface area contributed by atoms with Gasteiger partial charge in [0.15, 0.2) is 0 Å². The predicted molar refractivity (Wildman–Crippen MR) is 88.8 cm³/mol. The van der Waals surface area contributed by atoms with Gasteiger partial charge in [-0.3, -0.25) is 0 Å². The zero-order chi connectivity index (χ0) is 16.0. The Hall–Kier alpha value is -1.51. The molecule has 118 valence electrons. The Morgan fingerprint density at radius 3 is 2.14 bits per heavy atom. The molecule has 1 aromatic rings. The highest BCUT2D eigenvalue weighted by molar-refractivity contribution is 5.90. The van der Waals surface area contributed by atoms with Crippen LogP contribution in [0.1, 0.15) is 56.5 Å². The largest absolute Gasteiger partial charge is 0.465 e. The maximum atomic E-state index is 11.5. The van der Waals surface area contributed by atoms with Crippen LogP contribution in [-0.4, -0.2) is 19.1 Å². The highest BCUT2D eigenvalue weighted by atomic mass is 16.5. The van der Waals surface area contributed by atoms with E-state index in [-0.39, 0.29) is 5.97 Å². The van der Waals surface area contributed by atoms with Crippen molar-refractivity contribution in [1.29, 1.82) is 0 Å². The number of benzene rings is 1. The number of nitrogens with one attached hydrogen (secondary N) is 1. The van der Waals surface area contributed by atoms with Crippen LogP contribution in [0, 0.1) is 18.8 Å². The molecular formula is C18H29NO2. The SMILES string of the molecule is COC(=O)c1ccc(NC(CC(C)C)CC(C)C)c(C)c1. The van der Waals surface area contributed by atoms with Gasteiger partial charge in [-0.25, -0.2) is 4.79 Å². The Morgan fingerprint density at radius 1 is 1.14 bits per heavy atom. The van der Waals surface area contributed by atoms with E-state index in [2.05, 4.69) is 33.0 Å². The van der Waals surface area contributed by atoms with Crippen molar-refractivity contribution < 1.29 is 9.53 Å². The number of ether oxygens (including phenoxy) is 1. The molecule has 0 radical (unpaired) electrons. The van der Waals surface area contributed by atoms with E-state index in [4.69, 9.17) is 4.74 Å². The van der Waals surface area contributed by atoms with E-state index in [1.165, 1.54) is 7.11 Å². The fourth-order valence-electron chi connectivity index (χ4n) is 2.64. The van der Waals surface area contributed by atoms with Crippen molar-refractivity contribution in [3.8, 4) is 0 Å². The molecule has 0 saturated heterocycles. The van der Waals surface area contributed by atoms with Crippen LogP contribution in [-0.2, 0) is 4.74 Å². The van der Waals surface area contributed by atoms with Crippen LogP contribution in [0.15, 0.2) is 18.2 Å². The van der Waals surface area contributed by atoms with Gasteiger partial charge in [-0.05, 0) is 55.4 Å². The lowest BCUT2D eigenvalue weighted by Gasteiger charge is -2.24. The number of methoxy groups -OCH3 is 1. The molecule has 0 bridgehead atoms. The van der Waals surface area contributed by atoms with Crippen LogP contribution < -0.4 is 5.32 Å². The molecule has 0 unspecified atom stereocenters. The van der Waals surface area contributed by atoms with Crippen molar-refractivity contribution in [3.63, 3.8) is 0 Å². The van der Waals surface area contributed by atoms with Crippen molar-refractivity contribution >= 4 is 11.7 Å². The molecule has 3 heteroatoms. The summed E-state index contributed by atoms with van der Waals surface area (Å²) in [6.07, 6.45) is 2.30. The van der Waals surface area contributed by atoms with E-state index >= 15 is 0 Å². The number of hydrogen-bond acceptors (Lipinski definition) is 3. The van der Waals surface area contributed by atoms with Crippen molar-refractivity contribution in [2.75, 3.05) is 12.4 Å². The van der Waals surface area contributed by atoms with Crippen LogP contribution >= 0.6 is 0 Å². The molecule has 21 heavy (non-hydrogen) atoms. The number of carbonyl (C=O) groups is 1. The Labute approximate surface area is 129 Å². The van der Waals surface area contributed by atoms with Gasteiger partial charge in [0.05, 0.1) is 12.7 Å². The minimum Gasteiger partial charge on any atom is -0.465 e. The van der Waals surface area contributed by atoms with Crippen molar-refractivity contribution in [1.82, 2.24) is 0 Å². The minimum atomic E-state index is -0.287. The number of carbonyl (C=O) groups excluding carboxylic acids is 1. The summed E-state index contributed by atoms with van der Waals surface area (Å²) in [4.78, 5) is 11.5. The number of hydrogen-bond donors (Lipinski definition) is 1. The third kappa shape index (κ3) is 5.78. The minimum absolute atomic E-state index is 0.287. The van der Waals surface area contributed by atoms with Gasteiger partial charge in [-0.15, -0.1) is 0 Å². The molecule has 0 aliphatic heterocycles. The molecule has 1 N–H and O–H groups in total. The van der Waals surface area contributed by atoms with E-state index < -0.39 is 0 Å². The van der Waals surface area contributed by atoms with Crippen molar-refractivity contribution in [2.45, 2.75) is 53.5 Å². The van der Waals surface area contributed by atoms with Gasteiger partial charge in [-0.2, -0.15) is 0 Å². The maximum absolute atomic E-state index is 11.5. The fraction of sp³-hybridized carbons (Fsp3) is 0.611. The van der Waals surface area contributed by atoms with Crippen LogP contribution in [0.4, 0.5) is 5.69 Å². The zero-order valence-electron chi connectivity index (χ0n) is 14.2. The molecule has 0 aromatic heterocycles. The maximum Gasteiger partial charge on any atom is 0.337 e. The van der Waals surface area contributed by atoms with Crippen LogP contribution in [0.3, 0.4) is 0 Å². The Balaban J connectivity index is 2.85. The lowest BCUT2D eigenvalue weighted by Crippen LogP contribution is -2.24. The molecule has 0 fully saturated rings. The lowest BCUT2D eigenvalue weighted by atomic mass is 9.95. The van der Waals surface area contributed by atoms with Gasteiger partial charge in [0, 0.05) is 11.7 Å². The molecule has 0 amide bonds. The Morgan fingerprint density at radius 2 is 1.71 bits per heavy atom. The van der Waals surface area contributed by atoms with Gasteiger partial charge >= 0.3 is 5.97 Å². The summed E-state index contributed by atoms with van der Waals surface area (Å²) in [5.41, 5.74) is 2.79.